The van der Waals surface area contributed by atoms with Crippen molar-refractivity contribution < 1.29 is 14.6 Å². The van der Waals surface area contributed by atoms with Gasteiger partial charge in [-0.1, -0.05) is 0 Å². The lowest BCUT2D eigenvalue weighted by Gasteiger charge is -2.18. The van der Waals surface area contributed by atoms with Crippen LogP contribution in [0.1, 0.15) is 26.7 Å². The van der Waals surface area contributed by atoms with Crippen LogP contribution in [-0.2, 0) is 9.53 Å². The predicted octanol–water partition coefficient (Wildman–Crippen LogP) is 0.864. The lowest BCUT2D eigenvalue weighted by atomic mass is 10.1. The van der Waals surface area contributed by atoms with Crippen molar-refractivity contribution in [2.75, 3.05) is 13.7 Å². The van der Waals surface area contributed by atoms with Gasteiger partial charge in [-0.3, -0.25) is 4.79 Å². The molecule has 0 saturated heterocycles. The van der Waals surface area contributed by atoms with Gasteiger partial charge in [0, 0.05) is 25.6 Å². The average Bonchev–Trinajstić information content (AvgIpc) is 2.01. The minimum atomic E-state index is -0.743. The first-order valence-electron chi connectivity index (χ1n) is 4.53. The number of rotatable bonds is 7. The van der Waals surface area contributed by atoms with Gasteiger partial charge in [-0.05, 0) is 20.3 Å². The van der Waals surface area contributed by atoms with E-state index >= 15 is 0 Å². The Morgan fingerprint density at radius 3 is 2.54 bits per heavy atom. The van der Waals surface area contributed by atoms with E-state index in [-0.39, 0.29) is 18.5 Å². The van der Waals surface area contributed by atoms with Gasteiger partial charge in [0.25, 0.3) is 0 Å². The molecule has 0 aromatic carbocycles. The van der Waals surface area contributed by atoms with Gasteiger partial charge in [0.2, 0.25) is 0 Å². The Morgan fingerprint density at radius 1 is 1.46 bits per heavy atom. The Bertz CT molecular complexity index is 150. The first kappa shape index (κ1) is 12.4. The van der Waals surface area contributed by atoms with Gasteiger partial charge in [0.05, 0.1) is 6.61 Å². The highest BCUT2D eigenvalue weighted by Gasteiger charge is 2.08. The van der Waals surface area contributed by atoms with Crippen molar-refractivity contribution in [3.05, 3.63) is 0 Å². The van der Waals surface area contributed by atoms with Gasteiger partial charge in [-0.25, -0.2) is 0 Å². The Kier molecular flexibility index (Phi) is 6.54. The number of carboxylic acid groups (broad SMARTS) is 1. The van der Waals surface area contributed by atoms with E-state index in [1.54, 1.807) is 7.11 Å². The number of carboxylic acids is 1. The summed E-state index contributed by atoms with van der Waals surface area (Å²) in [5.74, 6) is -0.743. The van der Waals surface area contributed by atoms with E-state index in [4.69, 9.17) is 9.84 Å². The topological polar surface area (TPSA) is 58.6 Å². The molecule has 0 aliphatic rings. The van der Waals surface area contributed by atoms with Crippen molar-refractivity contribution in [3.8, 4) is 0 Å². The molecule has 0 aliphatic heterocycles. The number of hydrogen-bond donors (Lipinski definition) is 2. The number of aliphatic carboxylic acids is 1. The summed E-state index contributed by atoms with van der Waals surface area (Å²) in [4.78, 5) is 10.3. The third-order valence-electron chi connectivity index (χ3n) is 1.78. The van der Waals surface area contributed by atoms with E-state index < -0.39 is 5.97 Å². The molecule has 0 aromatic heterocycles. The van der Waals surface area contributed by atoms with Crippen molar-refractivity contribution in [2.45, 2.75) is 38.8 Å². The summed E-state index contributed by atoms with van der Waals surface area (Å²) < 4.78 is 4.95. The van der Waals surface area contributed by atoms with Gasteiger partial charge >= 0.3 is 5.97 Å². The maximum Gasteiger partial charge on any atom is 0.303 e. The quantitative estimate of drug-likeness (QED) is 0.623. The van der Waals surface area contributed by atoms with Crippen molar-refractivity contribution in [3.63, 3.8) is 0 Å². The van der Waals surface area contributed by atoms with E-state index in [1.807, 2.05) is 13.8 Å². The van der Waals surface area contributed by atoms with Crippen LogP contribution in [0.5, 0.6) is 0 Å². The summed E-state index contributed by atoms with van der Waals surface area (Å²) in [7, 11) is 1.65. The molecule has 2 atom stereocenters. The number of carbonyl (C=O) groups is 1. The molecule has 0 saturated carbocycles. The second-order valence-electron chi connectivity index (χ2n) is 3.36. The smallest absolute Gasteiger partial charge is 0.303 e. The largest absolute Gasteiger partial charge is 0.481 e. The van der Waals surface area contributed by atoms with E-state index in [9.17, 15) is 4.79 Å². The van der Waals surface area contributed by atoms with Crippen LogP contribution in [0.4, 0.5) is 0 Å². The van der Waals surface area contributed by atoms with Crippen LogP contribution in [0.25, 0.3) is 0 Å². The summed E-state index contributed by atoms with van der Waals surface area (Å²) in [6.07, 6.45) is 0.872. The van der Waals surface area contributed by atoms with Crippen molar-refractivity contribution in [1.29, 1.82) is 0 Å². The molecule has 0 spiro atoms. The van der Waals surface area contributed by atoms with Gasteiger partial charge in [0.15, 0.2) is 0 Å². The zero-order chi connectivity index (χ0) is 10.3. The second-order valence-corrected chi connectivity index (χ2v) is 3.36. The number of methoxy groups -OCH3 is 1. The van der Waals surface area contributed by atoms with Crippen LogP contribution < -0.4 is 5.32 Å². The third-order valence-corrected chi connectivity index (χ3v) is 1.78. The highest BCUT2D eigenvalue weighted by molar-refractivity contribution is 5.66. The first-order chi connectivity index (χ1) is 6.06. The Morgan fingerprint density at radius 2 is 2.08 bits per heavy atom. The fourth-order valence-electron chi connectivity index (χ4n) is 1.21. The van der Waals surface area contributed by atoms with E-state index in [1.165, 1.54) is 0 Å². The third kappa shape index (κ3) is 7.74. The standard InChI is InChI=1S/C9H19NO3/c1-7(4-5-9(11)12)10-8(2)6-13-3/h7-8,10H,4-6H2,1-3H3,(H,11,12). The zero-order valence-electron chi connectivity index (χ0n) is 8.54. The molecular formula is C9H19NO3. The summed E-state index contributed by atoms with van der Waals surface area (Å²) >= 11 is 0. The SMILES string of the molecule is COCC(C)NC(C)CCC(=O)O. The van der Waals surface area contributed by atoms with Crippen LogP contribution in [0, 0.1) is 0 Å². The molecule has 4 heteroatoms. The number of hydrogen-bond acceptors (Lipinski definition) is 3. The molecule has 0 rings (SSSR count). The van der Waals surface area contributed by atoms with E-state index in [2.05, 4.69) is 5.32 Å². The molecule has 0 fully saturated rings. The van der Waals surface area contributed by atoms with E-state index in [0.29, 0.717) is 13.0 Å². The van der Waals surface area contributed by atoms with Gasteiger partial charge in [-0.2, -0.15) is 0 Å². The molecule has 4 nitrogen and oxygen atoms in total. The maximum atomic E-state index is 10.3. The van der Waals surface area contributed by atoms with Gasteiger partial charge in [0.1, 0.15) is 0 Å². The fraction of sp³-hybridized carbons (Fsp3) is 0.889. The normalized spacial score (nSPS) is 15.3. The van der Waals surface area contributed by atoms with Crippen LogP contribution in [-0.4, -0.2) is 36.9 Å². The lowest BCUT2D eigenvalue weighted by molar-refractivity contribution is -0.137. The van der Waals surface area contributed by atoms with Crippen LogP contribution in [0.2, 0.25) is 0 Å². The zero-order valence-corrected chi connectivity index (χ0v) is 8.54. The Hall–Kier alpha value is -0.610. The predicted molar refractivity (Wildman–Crippen MR) is 50.8 cm³/mol. The Balaban J connectivity index is 3.48. The number of ether oxygens (including phenoxy) is 1. The lowest BCUT2D eigenvalue weighted by Crippen LogP contribution is -2.37. The molecular weight excluding hydrogens is 170 g/mol. The monoisotopic (exact) mass is 189 g/mol. The minimum Gasteiger partial charge on any atom is -0.481 e. The maximum absolute atomic E-state index is 10.3. The molecule has 0 amide bonds. The molecule has 0 bridgehead atoms. The Labute approximate surface area is 79.3 Å². The van der Waals surface area contributed by atoms with Crippen molar-refractivity contribution >= 4 is 5.97 Å². The second kappa shape index (κ2) is 6.86. The minimum absolute atomic E-state index is 0.216. The molecule has 2 unspecified atom stereocenters. The molecule has 13 heavy (non-hydrogen) atoms. The molecule has 78 valence electrons. The van der Waals surface area contributed by atoms with E-state index in [0.717, 1.165) is 0 Å². The molecule has 0 aliphatic carbocycles. The van der Waals surface area contributed by atoms with Crippen molar-refractivity contribution in [2.24, 2.45) is 0 Å². The number of nitrogens with one attached hydrogen (secondary N) is 1. The fourth-order valence-corrected chi connectivity index (χ4v) is 1.21. The van der Waals surface area contributed by atoms with Gasteiger partial charge < -0.3 is 15.2 Å². The molecule has 2 N–H and O–H groups in total. The van der Waals surface area contributed by atoms with Crippen LogP contribution in [0.3, 0.4) is 0 Å². The molecule has 0 radical (unpaired) electrons. The van der Waals surface area contributed by atoms with Crippen LogP contribution in [0.15, 0.2) is 0 Å². The highest BCUT2D eigenvalue weighted by Crippen LogP contribution is 1.98. The summed E-state index contributed by atoms with van der Waals surface area (Å²) in [6.45, 7) is 4.65. The summed E-state index contributed by atoms with van der Waals surface area (Å²) in [6, 6.07) is 0.495. The first-order valence-corrected chi connectivity index (χ1v) is 4.53. The highest BCUT2D eigenvalue weighted by atomic mass is 16.5. The van der Waals surface area contributed by atoms with Crippen molar-refractivity contribution in [1.82, 2.24) is 5.32 Å². The van der Waals surface area contributed by atoms with Crippen LogP contribution >= 0.6 is 0 Å². The summed E-state index contributed by atoms with van der Waals surface area (Å²) in [5.41, 5.74) is 0. The summed E-state index contributed by atoms with van der Waals surface area (Å²) in [5, 5.41) is 11.7. The molecule has 0 aromatic rings. The molecule has 0 heterocycles. The average molecular weight is 189 g/mol. The van der Waals surface area contributed by atoms with Gasteiger partial charge in [-0.15, -0.1) is 0 Å².